The normalized spacial score (nSPS) is 11.8. The number of halogens is 1. The summed E-state index contributed by atoms with van der Waals surface area (Å²) in [7, 11) is 0. The Labute approximate surface area is 138 Å². The summed E-state index contributed by atoms with van der Waals surface area (Å²) in [5.74, 6) is 0. The molecule has 0 bridgehead atoms. The van der Waals surface area contributed by atoms with Gasteiger partial charge in [-0.3, -0.25) is 0 Å². The van der Waals surface area contributed by atoms with Gasteiger partial charge in [0.25, 0.3) is 0 Å². The predicted octanol–water partition coefficient (Wildman–Crippen LogP) is 6.49. The van der Waals surface area contributed by atoms with Crippen LogP contribution < -0.4 is 0 Å². The maximum Gasteiger partial charge on any atom is 0.123 e. The third-order valence-electron chi connectivity index (χ3n) is 3.32. The van der Waals surface area contributed by atoms with E-state index in [9.17, 15) is 0 Å². The third-order valence-corrected chi connectivity index (χ3v) is 5.79. The maximum atomic E-state index is 6.00. The van der Waals surface area contributed by atoms with E-state index in [0.29, 0.717) is 0 Å². The minimum absolute atomic E-state index is 0.181. The van der Waals surface area contributed by atoms with Crippen LogP contribution in [0.15, 0.2) is 42.6 Å². The van der Waals surface area contributed by atoms with E-state index in [1.54, 1.807) is 22.7 Å². The van der Waals surface area contributed by atoms with Gasteiger partial charge in [-0.25, -0.2) is 4.98 Å². The number of thiazole rings is 1. The Morgan fingerprint density at radius 1 is 0.905 bits per heavy atom. The van der Waals surface area contributed by atoms with Crippen LogP contribution in [0.4, 0.5) is 0 Å². The van der Waals surface area contributed by atoms with Gasteiger partial charge in [-0.05, 0) is 23.1 Å². The van der Waals surface area contributed by atoms with Crippen LogP contribution in [-0.4, -0.2) is 4.98 Å². The van der Waals surface area contributed by atoms with Gasteiger partial charge in [0.2, 0.25) is 0 Å². The summed E-state index contributed by atoms with van der Waals surface area (Å²) in [6.07, 6.45) is 1.93. The molecule has 4 heteroatoms. The minimum atomic E-state index is 0.181. The molecule has 0 atom stereocenters. The van der Waals surface area contributed by atoms with Crippen molar-refractivity contribution in [3.63, 3.8) is 0 Å². The molecule has 0 radical (unpaired) electrons. The predicted molar refractivity (Wildman–Crippen MR) is 94.6 cm³/mol. The molecule has 0 fully saturated rings. The molecule has 2 aromatic heterocycles. The first-order chi connectivity index (χ1) is 9.93. The molecule has 3 rings (SSSR count). The third kappa shape index (κ3) is 3.20. The van der Waals surface area contributed by atoms with Crippen molar-refractivity contribution in [2.24, 2.45) is 0 Å². The van der Waals surface area contributed by atoms with Crippen LogP contribution in [0, 0.1) is 0 Å². The first-order valence-electron chi connectivity index (χ1n) is 6.76. The Morgan fingerprint density at radius 2 is 1.62 bits per heavy atom. The van der Waals surface area contributed by atoms with Crippen molar-refractivity contribution in [2.45, 2.75) is 26.2 Å². The summed E-state index contributed by atoms with van der Waals surface area (Å²) >= 11 is 9.29. The lowest BCUT2D eigenvalue weighted by molar-refractivity contribution is 0.590. The number of thiophene rings is 1. The zero-order chi connectivity index (χ0) is 15.0. The average Bonchev–Trinajstić information content (AvgIpc) is 3.06. The Bertz CT molecular complexity index is 748. The minimum Gasteiger partial charge on any atom is -0.244 e. The van der Waals surface area contributed by atoms with E-state index in [1.807, 2.05) is 18.3 Å². The van der Waals surface area contributed by atoms with Gasteiger partial charge < -0.3 is 0 Å². The van der Waals surface area contributed by atoms with Crippen molar-refractivity contribution in [1.82, 2.24) is 4.98 Å². The second-order valence-corrected chi connectivity index (χ2v) is 8.71. The highest BCUT2D eigenvalue weighted by molar-refractivity contribution is 7.25. The zero-order valence-electron chi connectivity index (χ0n) is 12.2. The van der Waals surface area contributed by atoms with Crippen molar-refractivity contribution >= 4 is 34.3 Å². The zero-order valence-corrected chi connectivity index (χ0v) is 14.6. The summed E-state index contributed by atoms with van der Waals surface area (Å²) in [5.41, 5.74) is 2.69. The number of hydrogen-bond acceptors (Lipinski definition) is 3. The summed E-state index contributed by atoms with van der Waals surface area (Å²) in [5, 5.41) is 1.05. The van der Waals surface area contributed by atoms with Gasteiger partial charge in [-0.15, -0.1) is 22.7 Å². The Kier molecular flexibility index (Phi) is 3.91. The highest BCUT2D eigenvalue weighted by Crippen LogP contribution is 2.37. The molecule has 3 aromatic rings. The van der Waals surface area contributed by atoms with E-state index in [0.717, 1.165) is 9.34 Å². The molecule has 2 heterocycles. The molecular weight excluding hydrogens is 318 g/mol. The second kappa shape index (κ2) is 5.56. The highest BCUT2D eigenvalue weighted by atomic mass is 35.5. The molecule has 1 aromatic carbocycles. The van der Waals surface area contributed by atoms with Crippen LogP contribution in [0.25, 0.3) is 20.3 Å². The molecule has 108 valence electrons. The monoisotopic (exact) mass is 333 g/mol. The van der Waals surface area contributed by atoms with Crippen LogP contribution in [0.3, 0.4) is 0 Å². The van der Waals surface area contributed by atoms with Crippen LogP contribution in [-0.2, 0) is 5.41 Å². The topological polar surface area (TPSA) is 12.9 Å². The largest absolute Gasteiger partial charge is 0.244 e. The lowest BCUT2D eigenvalue weighted by Gasteiger charge is -2.18. The molecule has 0 saturated carbocycles. The van der Waals surface area contributed by atoms with Gasteiger partial charge in [0.15, 0.2) is 0 Å². The van der Waals surface area contributed by atoms with Gasteiger partial charge in [0.1, 0.15) is 5.01 Å². The van der Waals surface area contributed by atoms with E-state index >= 15 is 0 Å². The van der Waals surface area contributed by atoms with Gasteiger partial charge >= 0.3 is 0 Å². The fourth-order valence-electron chi connectivity index (χ4n) is 2.08. The molecule has 0 aliphatic carbocycles. The van der Waals surface area contributed by atoms with Crippen molar-refractivity contribution in [2.75, 3.05) is 0 Å². The summed E-state index contributed by atoms with van der Waals surface area (Å²) in [4.78, 5) is 6.89. The van der Waals surface area contributed by atoms with Crippen LogP contribution >= 0.6 is 34.3 Å². The van der Waals surface area contributed by atoms with Gasteiger partial charge in [-0.1, -0.05) is 56.6 Å². The van der Waals surface area contributed by atoms with Gasteiger partial charge in [-0.2, -0.15) is 0 Å². The second-order valence-electron chi connectivity index (χ2n) is 5.96. The molecule has 0 unspecified atom stereocenters. The smallest absolute Gasteiger partial charge is 0.123 e. The van der Waals surface area contributed by atoms with Gasteiger partial charge in [0.05, 0.1) is 9.21 Å². The van der Waals surface area contributed by atoms with Crippen molar-refractivity contribution < 1.29 is 0 Å². The number of hydrogen-bond donors (Lipinski definition) is 0. The Hall–Kier alpha value is -1.16. The Balaban J connectivity index is 1.90. The first kappa shape index (κ1) is 14.8. The van der Waals surface area contributed by atoms with Crippen LogP contribution in [0.1, 0.15) is 26.3 Å². The number of benzene rings is 1. The fourth-order valence-corrected chi connectivity index (χ4v) is 4.12. The number of nitrogens with zero attached hydrogens (tertiary/aromatic N) is 1. The molecule has 0 spiro atoms. The lowest BCUT2D eigenvalue weighted by atomic mass is 9.87. The SMILES string of the molecule is CC(C)(C)c1ccc(-c2ncc(-c3ccc(Cl)s3)s2)cc1. The van der Waals surface area contributed by atoms with E-state index in [2.05, 4.69) is 50.0 Å². The summed E-state index contributed by atoms with van der Waals surface area (Å²) < 4.78 is 0.814. The Morgan fingerprint density at radius 3 is 2.19 bits per heavy atom. The molecule has 0 saturated heterocycles. The fraction of sp³-hybridized carbons (Fsp3) is 0.235. The lowest BCUT2D eigenvalue weighted by Crippen LogP contribution is -2.10. The van der Waals surface area contributed by atoms with Crippen molar-refractivity contribution in [3.8, 4) is 20.3 Å². The highest BCUT2D eigenvalue weighted by Gasteiger charge is 2.14. The van der Waals surface area contributed by atoms with Crippen molar-refractivity contribution in [3.05, 3.63) is 52.5 Å². The van der Waals surface area contributed by atoms with Crippen LogP contribution in [0.2, 0.25) is 4.34 Å². The summed E-state index contributed by atoms with van der Waals surface area (Å²) in [6, 6.07) is 12.7. The number of aromatic nitrogens is 1. The summed E-state index contributed by atoms with van der Waals surface area (Å²) in [6.45, 7) is 6.68. The first-order valence-corrected chi connectivity index (χ1v) is 8.77. The average molecular weight is 334 g/mol. The molecule has 1 nitrogen and oxygen atoms in total. The molecular formula is C17H16ClNS2. The van der Waals surface area contributed by atoms with E-state index in [1.165, 1.54) is 20.9 Å². The maximum absolute atomic E-state index is 6.00. The standard InChI is InChI=1S/C17H16ClNS2/c1-17(2,3)12-6-4-11(5-7-12)16-19-10-14(21-16)13-8-9-15(18)20-13/h4-10H,1-3H3. The quantitative estimate of drug-likeness (QED) is 0.522. The van der Waals surface area contributed by atoms with E-state index in [-0.39, 0.29) is 5.41 Å². The molecule has 0 aliphatic rings. The van der Waals surface area contributed by atoms with Crippen molar-refractivity contribution in [1.29, 1.82) is 0 Å². The molecule has 0 N–H and O–H groups in total. The number of rotatable bonds is 2. The molecule has 21 heavy (non-hydrogen) atoms. The molecule has 0 aliphatic heterocycles. The van der Waals surface area contributed by atoms with Gasteiger partial charge in [0, 0.05) is 16.6 Å². The van der Waals surface area contributed by atoms with E-state index < -0.39 is 0 Å². The molecule has 0 amide bonds. The van der Waals surface area contributed by atoms with Crippen LogP contribution in [0.5, 0.6) is 0 Å². The van der Waals surface area contributed by atoms with E-state index in [4.69, 9.17) is 11.6 Å².